The van der Waals surface area contributed by atoms with Gasteiger partial charge >= 0.3 is 12.3 Å². The van der Waals surface area contributed by atoms with E-state index >= 15 is 0 Å². The van der Waals surface area contributed by atoms with E-state index in [9.17, 15) is 18.0 Å². The predicted octanol–water partition coefficient (Wildman–Crippen LogP) is 5.01. The summed E-state index contributed by atoms with van der Waals surface area (Å²) in [6.07, 6.45) is -4.90. The molecule has 0 aliphatic rings. The van der Waals surface area contributed by atoms with E-state index in [4.69, 9.17) is 26.0 Å². The van der Waals surface area contributed by atoms with Gasteiger partial charge in [0.2, 0.25) is 0 Å². The van der Waals surface area contributed by atoms with Crippen LogP contribution >= 0.6 is 11.6 Å². The molecule has 0 aliphatic carbocycles. The summed E-state index contributed by atoms with van der Waals surface area (Å²) in [5, 5.41) is 7.70. The van der Waals surface area contributed by atoms with Crippen LogP contribution in [0.4, 0.5) is 13.2 Å². The molecule has 0 fully saturated rings. The number of ether oxygens (including phenoxy) is 2. The topological polar surface area (TPSA) is 78.7 Å². The van der Waals surface area contributed by atoms with Crippen molar-refractivity contribution in [2.45, 2.75) is 26.8 Å². The SMILES string of the molecule is CO/N=C(/C(=O)OC)c1cccc(C)c1CO/N=C(\C)c1ccc(Cl)cc1OC(F)(F)F. The normalized spacial score (nSPS) is 12.4. The van der Waals surface area contributed by atoms with Gasteiger partial charge in [0.15, 0.2) is 5.71 Å². The van der Waals surface area contributed by atoms with Crippen molar-refractivity contribution in [3.8, 4) is 5.75 Å². The van der Waals surface area contributed by atoms with Gasteiger partial charge in [-0.3, -0.25) is 0 Å². The zero-order chi connectivity index (χ0) is 23.9. The summed E-state index contributed by atoms with van der Waals surface area (Å²) >= 11 is 5.78. The average molecular weight is 473 g/mol. The Morgan fingerprint density at radius 3 is 2.44 bits per heavy atom. The summed E-state index contributed by atoms with van der Waals surface area (Å²) in [6, 6.07) is 8.91. The molecule has 0 heterocycles. The molecule has 0 aliphatic heterocycles. The molecular weight excluding hydrogens is 453 g/mol. The molecule has 0 unspecified atom stereocenters. The summed E-state index contributed by atoms with van der Waals surface area (Å²) in [5.74, 6) is -1.22. The number of benzene rings is 2. The van der Waals surface area contributed by atoms with E-state index < -0.39 is 18.1 Å². The zero-order valence-electron chi connectivity index (χ0n) is 17.6. The Hall–Kier alpha value is -3.27. The number of nitrogens with zero attached hydrogens (tertiary/aromatic N) is 2. The molecule has 0 radical (unpaired) electrons. The minimum absolute atomic E-state index is 0.0490. The van der Waals surface area contributed by atoms with E-state index in [1.54, 1.807) is 25.1 Å². The van der Waals surface area contributed by atoms with Crippen LogP contribution < -0.4 is 4.74 Å². The van der Waals surface area contributed by atoms with Crippen LogP contribution in [0.3, 0.4) is 0 Å². The lowest BCUT2D eigenvalue weighted by molar-refractivity contribution is -0.274. The van der Waals surface area contributed by atoms with E-state index in [-0.39, 0.29) is 28.6 Å². The Bertz CT molecular complexity index is 1040. The molecule has 2 rings (SSSR count). The zero-order valence-corrected chi connectivity index (χ0v) is 18.4. The highest BCUT2D eigenvalue weighted by Crippen LogP contribution is 2.30. The van der Waals surface area contributed by atoms with Crippen LogP contribution in [-0.4, -0.2) is 38.0 Å². The van der Waals surface area contributed by atoms with Crippen molar-refractivity contribution in [2.75, 3.05) is 14.2 Å². The van der Waals surface area contributed by atoms with Crippen LogP contribution in [0.2, 0.25) is 5.02 Å². The van der Waals surface area contributed by atoms with Gasteiger partial charge in [-0.05, 0) is 37.6 Å². The third-order valence-electron chi connectivity index (χ3n) is 4.20. The number of aryl methyl sites for hydroxylation is 1. The highest BCUT2D eigenvalue weighted by molar-refractivity contribution is 6.43. The number of methoxy groups -OCH3 is 1. The van der Waals surface area contributed by atoms with E-state index in [1.165, 1.54) is 33.3 Å². The fourth-order valence-corrected chi connectivity index (χ4v) is 2.91. The van der Waals surface area contributed by atoms with Crippen molar-refractivity contribution in [1.29, 1.82) is 0 Å². The first-order chi connectivity index (χ1) is 15.1. The second kappa shape index (κ2) is 10.9. The van der Waals surface area contributed by atoms with Gasteiger partial charge in [-0.1, -0.05) is 40.1 Å². The average Bonchev–Trinajstić information content (AvgIpc) is 2.71. The van der Waals surface area contributed by atoms with Crippen molar-refractivity contribution in [2.24, 2.45) is 10.3 Å². The van der Waals surface area contributed by atoms with Crippen molar-refractivity contribution in [3.63, 3.8) is 0 Å². The Labute approximate surface area is 187 Å². The second-order valence-corrected chi connectivity index (χ2v) is 6.79. The van der Waals surface area contributed by atoms with Crippen LogP contribution in [0.1, 0.15) is 29.2 Å². The van der Waals surface area contributed by atoms with E-state index in [1.807, 2.05) is 0 Å². The molecule has 0 atom stereocenters. The number of carbonyl (C=O) groups is 1. The number of hydrogen-bond donors (Lipinski definition) is 0. The number of alkyl halides is 3. The maximum Gasteiger partial charge on any atom is 0.573 e. The fourth-order valence-electron chi connectivity index (χ4n) is 2.75. The molecule has 172 valence electrons. The standard InChI is InChI=1S/C21H20ClF3N2O5/c1-12-6-5-7-16(19(27-30-4)20(28)29-3)17(12)11-31-26-13(2)15-9-8-14(22)10-18(15)32-21(23,24)25/h5-10H,11H2,1-4H3/b26-13+,27-19+. The van der Waals surface area contributed by atoms with Gasteiger partial charge in [-0.2, -0.15) is 0 Å². The number of rotatable bonds is 8. The highest BCUT2D eigenvalue weighted by atomic mass is 35.5. The van der Waals surface area contributed by atoms with Gasteiger partial charge in [0.25, 0.3) is 0 Å². The number of hydrogen-bond acceptors (Lipinski definition) is 7. The van der Waals surface area contributed by atoms with Crippen LogP contribution in [0.5, 0.6) is 5.75 Å². The molecule has 0 N–H and O–H groups in total. The molecule has 0 spiro atoms. The maximum atomic E-state index is 12.7. The van der Waals surface area contributed by atoms with E-state index in [2.05, 4.69) is 15.0 Å². The first-order valence-corrected chi connectivity index (χ1v) is 9.45. The Morgan fingerprint density at radius 2 is 1.81 bits per heavy atom. The number of carbonyl (C=O) groups excluding carboxylic acids is 1. The van der Waals surface area contributed by atoms with Gasteiger partial charge in [-0.25, -0.2) is 4.79 Å². The molecule has 2 aromatic rings. The largest absolute Gasteiger partial charge is 0.573 e. The number of halogens is 4. The molecule has 7 nitrogen and oxygen atoms in total. The summed E-state index contributed by atoms with van der Waals surface area (Å²) in [6.45, 7) is 3.13. The minimum Gasteiger partial charge on any atom is -0.464 e. The monoisotopic (exact) mass is 472 g/mol. The van der Waals surface area contributed by atoms with Crippen molar-refractivity contribution >= 4 is 29.0 Å². The molecule has 32 heavy (non-hydrogen) atoms. The second-order valence-electron chi connectivity index (χ2n) is 6.35. The van der Waals surface area contributed by atoms with Crippen LogP contribution in [0.15, 0.2) is 46.7 Å². The summed E-state index contributed by atoms with van der Waals surface area (Å²) < 4.78 is 46.9. The lowest BCUT2D eigenvalue weighted by Gasteiger charge is -2.14. The van der Waals surface area contributed by atoms with Gasteiger partial charge in [0.1, 0.15) is 19.5 Å². The molecule has 11 heteroatoms. The fraction of sp³-hybridized carbons (Fsp3) is 0.286. The molecule has 0 bridgehead atoms. The smallest absolute Gasteiger partial charge is 0.464 e. The van der Waals surface area contributed by atoms with Crippen molar-refractivity contribution in [1.82, 2.24) is 0 Å². The quantitative estimate of drug-likeness (QED) is 0.306. The molecule has 2 aromatic carbocycles. The van der Waals surface area contributed by atoms with Crippen LogP contribution in [0.25, 0.3) is 0 Å². The van der Waals surface area contributed by atoms with Gasteiger partial charge in [-0.15, -0.1) is 13.2 Å². The van der Waals surface area contributed by atoms with Gasteiger partial charge in [0.05, 0.1) is 12.8 Å². The minimum atomic E-state index is -4.90. The molecule has 0 saturated carbocycles. The van der Waals surface area contributed by atoms with Crippen LogP contribution in [0, 0.1) is 6.92 Å². The Kier molecular flexibility index (Phi) is 8.48. The van der Waals surface area contributed by atoms with Crippen LogP contribution in [-0.2, 0) is 25.8 Å². The maximum absolute atomic E-state index is 12.7. The van der Waals surface area contributed by atoms with Gasteiger partial charge < -0.3 is 19.1 Å². The lowest BCUT2D eigenvalue weighted by Crippen LogP contribution is -2.20. The molecule has 0 saturated heterocycles. The Balaban J connectivity index is 2.33. The molecule has 0 aromatic heterocycles. The third-order valence-corrected chi connectivity index (χ3v) is 4.43. The summed E-state index contributed by atoms with van der Waals surface area (Å²) in [5.41, 5.74) is 1.82. The first kappa shape index (κ1) is 25.0. The molecular formula is C21H20ClF3N2O5. The predicted molar refractivity (Wildman–Crippen MR) is 112 cm³/mol. The van der Waals surface area contributed by atoms with Gasteiger partial charge in [0, 0.05) is 21.7 Å². The highest BCUT2D eigenvalue weighted by Gasteiger charge is 2.32. The lowest BCUT2D eigenvalue weighted by atomic mass is 9.99. The Morgan fingerprint density at radius 1 is 1.09 bits per heavy atom. The third kappa shape index (κ3) is 6.61. The number of esters is 1. The van der Waals surface area contributed by atoms with E-state index in [0.717, 1.165) is 11.6 Å². The molecule has 0 amide bonds. The first-order valence-electron chi connectivity index (χ1n) is 9.08. The summed E-state index contributed by atoms with van der Waals surface area (Å²) in [7, 11) is 2.50. The number of oxime groups is 2. The van der Waals surface area contributed by atoms with Crippen molar-refractivity contribution < 1.29 is 37.1 Å². The summed E-state index contributed by atoms with van der Waals surface area (Å²) in [4.78, 5) is 22.2. The van der Waals surface area contributed by atoms with Crippen molar-refractivity contribution in [3.05, 3.63) is 63.7 Å². The van der Waals surface area contributed by atoms with E-state index in [0.29, 0.717) is 11.1 Å².